The Morgan fingerprint density at radius 3 is 2.50 bits per heavy atom. The standard InChI is InChI=1S/C25H27N9O8S2/c1-3-32-8-9-33(21(39)20(32)38)24(42)27-15(12-4-6-14(35)7-5-12)18(36)26-16-19(37)34-17(23(40)41)13(10-43-22(16)34)11-44-25-28-29-30-31(25)2/h4-7,10,15-17,22,35H,3,8-9,11H2,1-2H3,(H,26,36)(H,27,42)(H,40,41)/t15-,16-,17?,22-/m1/s1. The van der Waals surface area contributed by atoms with Crippen LogP contribution in [0.4, 0.5) is 4.79 Å². The highest BCUT2D eigenvalue weighted by Gasteiger charge is 2.56. The molecule has 1 aromatic carbocycles. The average Bonchev–Trinajstić information content (AvgIpc) is 3.42. The first-order valence-electron chi connectivity index (χ1n) is 13.3. The van der Waals surface area contributed by atoms with Gasteiger partial charge in [0.25, 0.3) is 0 Å². The molecular weight excluding hydrogens is 618 g/mol. The van der Waals surface area contributed by atoms with Crippen molar-refractivity contribution in [3.8, 4) is 5.75 Å². The first-order valence-corrected chi connectivity index (χ1v) is 15.2. The van der Waals surface area contributed by atoms with Gasteiger partial charge in [0.15, 0.2) is 6.04 Å². The van der Waals surface area contributed by atoms with E-state index < -0.39 is 59.1 Å². The highest BCUT2D eigenvalue weighted by Crippen LogP contribution is 2.41. The predicted octanol–water partition coefficient (Wildman–Crippen LogP) is -1.11. The predicted molar refractivity (Wildman–Crippen MR) is 153 cm³/mol. The molecule has 5 rings (SSSR count). The number of nitrogens with zero attached hydrogens (tertiary/aromatic N) is 7. The molecular formula is C25H27N9O8S2. The number of urea groups is 1. The number of piperazine rings is 1. The Morgan fingerprint density at radius 2 is 1.86 bits per heavy atom. The highest BCUT2D eigenvalue weighted by molar-refractivity contribution is 8.03. The van der Waals surface area contributed by atoms with E-state index in [4.69, 9.17) is 0 Å². The van der Waals surface area contributed by atoms with Crippen LogP contribution in [0.1, 0.15) is 18.5 Å². The molecule has 4 heterocycles. The Morgan fingerprint density at radius 1 is 1.14 bits per heavy atom. The summed E-state index contributed by atoms with van der Waals surface area (Å²) in [5, 5.41) is 37.3. The monoisotopic (exact) mass is 645 g/mol. The second-order valence-corrected chi connectivity index (χ2v) is 11.8. The number of fused-ring (bicyclic) bond motifs is 1. The van der Waals surface area contributed by atoms with Gasteiger partial charge in [0.1, 0.15) is 23.2 Å². The van der Waals surface area contributed by atoms with E-state index in [0.717, 1.165) is 11.8 Å². The number of aromatic nitrogens is 4. The normalized spacial score (nSPS) is 22.1. The fourth-order valence-electron chi connectivity index (χ4n) is 4.89. The number of aliphatic carboxylic acids is 1. The molecule has 6 amide bonds. The van der Waals surface area contributed by atoms with Crippen LogP contribution in [0.3, 0.4) is 0 Å². The number of carbonyl (C=O) groups is 6. The highest BCUT2D eigenvalue weighted by atomic mass is 32.2. The summed E-state index contributed by atoms with van der Waals surface area (Å²) < 4.78 is 1.43. The van der Waals surface area contributed by atoms with Crippen molar-refractivity contribution >= 4 is 59.2 Å². The van der Waals surface area contributed by atoms with Crippen LogP contribution < -0.4 is 10.6 Å². The molecule has 4 N–H and O–H groups in total. The summed E-state index contributed by atoms with van der Waals surface area (Å²) in [6, 6.07) is 0.547. The quantitative estimate of drug-likeness (QED) is 0.145. The smallest absolute Gasteiger partial charge is 0.330 e. The van der Waals surface area contributed by atoms with Crippen molar-refractivity contribution < 1.29 is 39.0 Å². The zero-order chi connectivity index (χ0) is 31.7. The van der Waals surface area contributed by atoms with Gasteiger partial charge in [-0.1, -0.05) is 23.9 Å². The third kappa shape index (κ3) is 5.79. The van der Waals surface area contributed by atoms with Crippen LogP contribution in [0, 0.1) is 0 Å². The van der Waals surface area contributed by atoms with Gasteiger partial charge in [-0.05, 0) is 46.0 Å². The van der Waals surface area contributed by atoms with E-state index in [1.807, 2.05) is 0 Å². The first-order chi connectivity index (χ1) is 21.0. The number of carboxylic acid groups (broad SMARTS) is 1. The summed E-state index contributed by atoms with van der Waals surface area (Å²) in [5.74, 6) is -4.48. The third-order valence-electron chi connectivity index (χ3n) is 7.24. The van der Waals surface area contributed by atoms with E-state index in [9.17, 15) is 39.0 Å². The topological polar surface area (TPSA) is 220 Å². The number of tetrazole rings is 1. The van der Waals surface area contributed by atoms with Gasteiger partial charge < -0.3 is 30.6 Å². The van der Waals surface area contributed by atoms with Crippen LogP contribution >= 0.6 is 23.5 Å². The number of carboxylic acids is 1. The van der Waals surface area contributed by atoms with E-state index >= 15 is 0 Å². The second-order valence-electron chi connectivity index (χ2n) is 9.88. The van der Waals surface area contributed by atoms with Crippen molar-refractivity contribution in [2.75, 3.05) is 25.4 Å². The molecule has 3 aliphatic rings. The van der Waals surface area contributed by atoms with Crippen LogP contribution in [-0.2, 0) is 31.0 Å². The van der Waals surface area contributed by atoms with Crippen molar-refractivity contribution in [3.63, 3.8) is 0 Å². The lowest BCUT2D eigenvalue weighted by molar-refractivity contribution is -0.160. The molecule has 0 aliphatic carbocycles. The van der Waals surface area contributed by atoms with Crippen LogP contribution in [-0.4, -0.2) is 124 Å². The number of nitrogens with one attached hydrogen (secondary N) is 2. The summed E-state index contributed by atoms with van der Waals surface area (Å²) in [6.45, 7) is 2.04. The maximum Gasteiger partial charge on any atom is 0.330 e. The third-order valence-corrected chi connectivity index (χ3v) is 9.54. The Kier molecular flexibility index (Phi) is 8.77. The van der Waals surface area contributed by atoms with Crippen LogP contribution in [0.25, 0.3) is 0 Å². The Labute approximate surface area is 258 Å². The summed E-state index contributed by atoms with van der Waals surface area (Å²) in [5.41, 5.74) is 0.668. The molecule has 0 bridgehead atoms. The van der Waals surface area contributed by atoms with Gasteiger partial charge in [0.2, 0.25) is 17.0 Å². The molecule has 17 nitrogen and oxygen atoms in total. The molecule has 1 unspecified atom stereocenters. The van der Waals surface area contributed by atoms with Gasteiger partial charge >= 0.3 is 23.8 Å². The lowest BCUT2D eigenvalue weighted by Crippen LogP contribution is -2.74. The van der Waals surface area contributed by atoms with Crippen LogP contribution in [0.5, 0.6) is 5.75 Å². The summed E-state index contributed by atoms with van der Waals surface area (Å²) in [7, 11) is 1.64. The van der Waals surface area contributed by atoms with E-state index in [1.54, 1.807) is 19.4 Å². The zero-order valence-corrected chi connectivity index (χ0v) is 24.9. The van der Waals surface area contributed by atoms with Crippen molar-refractivity contribution in [2.24, 2.45) is 7.05 Å². The number of amides is 6. The van der Waals surface area contributed by atoms with Crippen molar-refractivity contribution in [2.45, 2.75) is 35.6 Å². The van der Waals surface area contributed by atoms with Crippen molar-refractivity contribution in [3.05, 3.63) is 40.8 Å². The SMILES string of the molecule is CCN1CCN(C(=O)N[C@@H](C(=O)N[C@@H]2C(=O)N3C(C(=O)O)C(CSc4nnnn4C)=CS[C@H]23)c2ccc(O)cc2)C(=O)C1=O. The first kappa shape index (κ1) is 30.8. The average molecular weight is 646 g/mol. The van der Waals surface area contributed by atoms with E-state index in [0.29, 0.717) is 22.2 Å². The van der Waals surface area contributed by atoms with Gasteiger partial charge in [-0.3, -0.25) is 24.1 Å². The van der Waals surface area contributed by atoms with Gasteiger partial charge in [-0.25, -0.2) is 14.3 Å². The van der Waals surface area contributed by atoms with Gasteiger partial charge in [0, 0.05) is 32.4 Å². The van der Waals surface area contributed by atoms with Crippen LogP contribution in [0.2, 0.25) is 0 Å². The molecule has 44 heavy (non-hydrogen) atoms. The number of β-lactam (4-membered cyclic amide) rings is 1. The molecule has 1 aromatic heterocycles. The maximum absolute atomic E-state index is 13.6. The number of phenolic OH excluding ortho intramolecular Hbond substituents is 1. The van der Waals surface area contributed by atoms with Crippen molar-refractivity contribution in [1.29, 1.82) is 0 Å². The number of aromatic hydroxyl groups is 1. The number of hydrogen-bond donors (Lipinski definition) is 4. The Bertz CT molecular complexity index is 1550. The number of likely N-dealkylation sites (N-methyl/N-ethyl adjacent to an activating group) is 1. The molecule has 232 valence electrons. The molecule has 19 heteroatoms. The van der Waals surface area contributed by atoms with E-state index in [2.05, 4.69) is 26.2 Å². The molecule has 0 spiro atoms. The lowest BCUT2D eigenvalue weighted by Gasteiger charge is -2.51. The van der Waals surface area contributed by atoms with Crippen LogP contribution in [0.15, 0.2) is 40.4 Å². The number of thioether (sulfide) groups is 2. The molecule has 3 aliphatic heterocycles. The number of rotatable bonds is 9. The van der Waals surface area contributed by atoms with E-state index in [-0.39, 0.29) is 30.2 Å². The minimum atomic E-state index is -1.43. The fourth-order valence-corrected chi connectivity index (χ4v) is 7.08. The second kappa shape index (κ2) is 12.5. The summed E-state index contributed by atoms with van der Waals surface area (Å²) in [6.07, 6.45) is 0. The van der Waals surface area contributed by atoms with Gasteiger partial charge in [-0.15, -0.1) is 16.9 Å². The number of hydrogen-bond acceptors (Lipinski definition) is 12. The summed E-state index contributed by atoms with van der Waals surface area (Å²) >= 11 is 2.37. The summed E-state index contributed by atoms with van der Waals surface area (Å²) in [4.78, 5) is 80.2. The number of aryl methyl sites for hydroxylation is 1. The number of benzene rings is 1. The van der Waals surface area contributed by atoms with Crippen molar-refractivity contribution in [1.82, 2.24) is 45.5 Å². The maximum atomic E-state index is 13.6. The number of phenols is 1. The molecule has 2 fully saturated rings. The minimum Gasteiger partial charge on any atom is -0.508 e. The largest absolute Gasteiger partial charge is 0.508 e. The minimum absolute atomic E-state index is 0.0837. The zero-order valence-electron chi connectivity index (χ0n) is 23.3. The number of carbonyl (C=O) groups excluding carboxylic acids is 5. The number of imide groups is 1. The molecule has 2 saturated heterocycles. The van der Waals surface area contributed by atoms with E-state index in [1.165, 1.54) is 50.5 Å². The Balaban J connectivity index is 1.31. The molecule has 4 atom stereocenters. The lowest BCUT2D eigenvalue weighted by atomic mass is 9.98. The Hall–Kier alpha value is -4.65. The van der Waals surface area contributed by atoms with Gasteiger partial charge in [-0.2, -0.15) is 0 Å². The molecule has 0 saturated carbocycles. The molecule has 2 aromatic rings. The van der Waals surface area contributed by atoms with Gasteiger partial charge in [0.05, 0.1) is 0 Å². The molecule has 0 radical (unpaired) electrons. The fraction of sp³-hybridized carbons (Fsp3) is 0.400.